The van der Waals surface area contributed by atoms with E-state index in [1.165, 1.54) is 18.4 Å². The quantitative estimate of drug-likeness (QED) is 0.741. The molecule has 0 bridgehead atoms. The van der Waals surface area contributed by atoms with Crippen LogP contribution in [-0.2, 0) is 11.2 Å². The molecule has 1 aromatic heterocycles. The molecule has 4 nitrogen and oxygen atoms in total. The van der Waals surface area contributed by atoms with Crippen LogP contribution in [0.4, 0.5) is 0 Å². The Labute approximate surface area is 122 Å². The van der Waals surface area contributed by atoms with Gasteiger partial charge in [-0.15, -0.1) is 0 Å². The Morgan fingerprint density at radius 1 is 1.25 bits per heavy atom. The van der Waals surface area contributed by atoms with Crippen LogP contribution in [0.25, 0.3) is 0 Å². The summed E-state index contributed by atoms with van der Waals surface area (Å²) >= 11 is 0. The van der Waals surface area contributed by atoms with Crippen LogP contribution in [0.5, 0.6) is 0 Å². The van der Waals surface area contributed by atoms with Gasteiger partial charge in [0.05, 0.1) is 6.61 Å². The van der Waals surface area contributed by atoms with Gasteiger partial charge in [0, 0.05) is 38.0 Å². The van der Waals surface area contributed by atoms with Crippen molar-refractivity contribution in [3.8, 4) is 0 Å². The van der Waals surface area contributed by atoms with Crippen molar-refractivity contribution in [2.24, 2.45) is 5.92 Å². The molecule has 1 aromatic rings. The van der Waals surface area contributed by atoms with Crippen molar-refractivity contribution in [1.82, 2.24) is 15.3 Å². The van der Waals surface area contributed by atoms with E-state index in [2.05, 4.69) is 26.1 Å². The summed E-state index contributed by atoms with van der Waals surface area (Å²) in [5.74, 6) is 2.31. The highest BCUT2D eigenvalue weighted by Gasteiger charge is 2.24. The molecule has 1 aliphatic rings. The van der Waals surface area contributed by atoms with Gasteiger partial charge in [0.25, 0.3) is 0 Å². The van der Waals surface area contributed by atoms with Crippen LogP contribution in [0.15, 0.2) is 0 Å². The second-order valence-electron chi connectivity index (χ2n) is 5.97. The zero-order valence-corrected chi connectivity index (χ0v) is 13.2. The minimum atomic E-state index is 0.432. The van der Waals surface area contributed by atoms with Gasteiger partial charge in [-0.2, -0.15) is 0 Å². The van der Waals surface area contributed by atoms with Gasteiger partial charge in [-0.05, 0) is 44.1 Å². The molecule has 1 atom stereocenters. The Bertz CT molecular complexity index is 420. The van der Waals surface area contributed by atoms with Crippen molar-refractivity contribution in [1.29, 1.82) is 0 Å². The summed E-state index contributed by atoms with van der Waals surface area (Å²) in [6.07, 6.45) is 3.76. The molecule has 1 saturated carbocycles. The van der Waals surface area contributed by atoms with E-state index in [-0.39, 0.29) is 0 Å². The number of aromatic nitrogens is 2. The van der Waals surface area contributed by atoms with E-state index in [1.807, 2.05) is 0 Å². The van der Waals surface area contributed by atoms with Crippen molar-refractivity contribution in [2.45, 2.75) is 46.0 Å². The Morgan fingerprint density at radius 2 is 1.90 bits per heavy atom. The van der Waals surface area contributed by atoms with E-state index >= 15 is 0 Å². The molecule has 0 aliphatic heterocycles. The van der Waals surface area contributed by atoms with Gasteiger partial charge >= 0.3 is 0 Å². The minimum Gasteiger partial charge on any atom is -0.383 e. The standard InChI is InChI=1S/C16H27N3O/c1-11(10-17-7-8-20-4)16-12(2)18-15(19-13(16)3)9-14-5-6-14/h11,14,17H,5-10H2,1-4H3. The zero-order valence-electron chi connectivity index (χ0n) is 13.2. The maximum Gasteiger partial charge on any atom is 0.129 e. The lowest BCUT2D eigenvalue weighted by Crippen LogP contribution is -2.25. The summed E-state index contributed by atoms with van der Waals surface area (Å²) in [6, 6.07) is 0. The number of nitrogens with zero attached hydrogens (tertiary/aromatic N) is 2. The Morgan fingerprint density at radius 3 is 2.45 bits per heavy atom. The Balaban J connectivity index is 1.98. The van der Waals surface area contributed by atoms with Crippen LogP contribution in [-0.4, -0.2) is 36.8 Å². The van der Waals surface area contributed by atoms with Crippen molar-refractivity contribution in [2.75, 3.05) is 26.8 Å². The van der Waals surface area contributed by atoms with Crippen molar-refractivity contribution in [3.63, 3.8) is 0 Å². The molecule has 0 spiro atoms. The summed E-state index contributed by atoms with van der Waals surface area (Å²) in [7, 11) is 1.73. The molecule has 0 radical (unpaired) electrons. The number of rotatable bonds is 8. The Kier molecular flexibility index (Phi) is 5.49. The molecular weight excluding hydrogens is 250 g/mol. The van der Waals surface area contributed by atoms with Gasteiger partial charge in [0.1, 0.15) is 5.82 Å². The first-order valence-corrected chi connectivity index (χ1v) is 7.65. The fourth-order valence-electron chi connectivity index (χ4n) is 2.77. The molecule has 2 rings (SSSR count). The van der Waals surface area contributed by atoms with Crippen LogP contribution in [0.1, 0.15) is 48.5 Å². The lowest BCUT2D eigenvalue weighted by molar-refractivity contribution is 0.199. The molecule has 0 saturated heterocycles. The van der Waals surface area contributed by atoms with Crippen molar-refractivity contribution < 1.29 is 4.74 Å². The Hall–Kier alpha value is -1.00. The highest BCUT2D eigenvalue weighted by atomic mass is 16.5. The fourth-order valence-corrected chi connectivity index (χ4v) is 2.77. The van der Waals surface area contributed by atoms with Gasteiger partial charge in [0.15, 0.2) is 0 Å². The predicted octanol–water partition coefficient (Wildman–Crippen LogP) is 2.39. The largest absolute Gasteiger partial charge is 0.383 e. The van der Waals surface area contributed by atoms with Crippen LogP contribution < -0.4 is 5.32 Å². The molecule has 0 amide bonds. The molecule has 0 aromatic carbocycles. The highest BCUT2D eigenvalue weighted by molar-refractivity contribution is 5.28. The zero-order chi connectivity index (χ0) is 14.5. The summed E-state index contributed by atoms with van der Waals surface area (Å²) in [5.41, 5.74) is 3.60. The van der Waals surface area contributed by atoms with Crippen LogP contribution in [0.3, 0.4) is 0 Å². The highest BCUT2D eigenvalue weighted by Crippen LogP contribution is 2.32. The maximum absolute atomic E-state index is 5.05. The molecule has 1 aliphatic carbocycles. The lowest BCUT2D eigenvalue weighted by Gasteiger charge is -2.18. The number of hydrogen-bond acceptors (Lipinski definition) is 4. The van der Waals surface area contributed by atoms with Crippen molar-refractivity contribution in [3.05, 3.63) is 22.8 Å². The average molecular weight is 277 g/mol. The van der Waals surface area contributed by atoms with Gasteiger partial charge in [-0.3, -0.25) is 0 Å². The third-order valence-corrected chi connectivity index (χ3v) is 3.97. The second kappa shape index (κ2) is 7.14. The number of ether oxygens (including phenoxy) is 1. The number of aryl methyl sites for hydroxylation is 2. The molecule has 1 heterocycles. The molecule has 1 fully saturated rings. The normalized spacial score (nSPS) is 16.4. The summed E-state index contributed by atoms with van der Waals surface area (Å²) in [5, 5.41) is 3.42. The maximum atomic E-state index is 5.05. The molecule has 4 heteroatoms. The van der Waals surface area contributed by atoms with Crippen LogP contribution in [0, 0.1) is 19.8 Å². The molecule has 112 valence electrons. The topological polar surface area (TPSA) is 47.0 Å². The first-order valence-electron chi connectivity index (χ1n) is 7.65. The van der Waals surface area contributed by atoms with E-state index < -0.39 is 0 Å². The lowest BCUT2D eigenvalue weighted by atomic mass is 9.98. The molecule has 20 heavy (non-hydrogen) atoms. The second-order valence-corrected chi connectivity index (χ2v) is 5.97. The average Bonchev–Trinajstić information content (AvgIpc) is 3.17. The smallest absolute Gasteiger partial charge is 0.129 e. The van der Waals surface area contributed by atoms with E-state index in [4.69, 9.17) is 14.7 Å². The van der Waals surface area contributed by atoms with Crippen molar-refractivity contribution >= 4 is 0 Å². The van der Waals surface area contributed by atoms with E-state index in [0.29, 0.717) is 5.92 Å². The third-order valence-electron chi connectivity index (χ3n) is 3.97. The van der Waals surface area contributed by atoms with Gasteiger partial charge in [-0.25, -0.2) is 9.97 Å². The van der Waals surface area contributed by atoms with Crippen LogP contribution in [0.2, 0.25) is 0 Å². The van der Waals surface area contributed by atoms with Gasteiger partial charge < -0.3 is 10.1 Å². The van der Waals surface area contributed by atoms with E-state index in [1.54, 1.807) is 7.11 Å². The minimum absolute atomic E-state index is 0.432. The fraction of sp³-hybridized carbons (Fsp3) is 0.750. The first-order chi connectivity index (χ1) is 9.61. The summed E-state index contributed by atoms with van der Waals surface area (Å²) < 4.78 is 5.05. The third kappa shape index (κ3) is 4.25. The molecule has 1 unspecified atom stereocenters. The van der Waals surface area contributed by atoms with E-state index in [9.17, 15) is 0 Å². The number of methoxy groups -OCH3 is 1. The number of hydrogen-bond donors (Lipinski definition) is 1. The van der Waals surface area contributed by atoms with E-state index in [0.717, 1.165) is 49.2 Å². The van der Waals surface area contributed by atoms with Gasteiger partial charge in [0.2, 0.25) is 0 Å². The number of nitrogens with one attached hydrogen (secondary N) is 1. The summed E-state index contributed by atoms with van der Waals surface area (Å²) in [6.45, 7) is 9.05. The molecule has 1 N–H and O–H groups in total. The summed E-state index contributed by atoms with van der Waals surface area (Å²) in [4.78, 5) is 9.43. The SMILES string of the molecule is COCCNCC(C)c1c(C)nc(CC2CC2)nc1C. The van der Waals surface area contributed by atoms with Crippen LogP contribution >= 0.6 is 0 Å². The van der Waals surface area contributed by atoms with Gasteiger partial charge in [-0.1, -0.05) is 6.92 Å². The monoisotopic (exact) mass is 277 g/mol. The molecular formula is C16H27N3O. The first kappa shape index (κ1) is 15.4. The predicted molar refractivity (Wildman–Crippen MR) is 81.1 cm³/mol.